The van der Waals surface area contributed by atoms with Crippen molar-refractivity contribution in [1.29, 1.82) is 0 Å². The molecule has 1 nitrogen and oxygen atoms in total. The van der Waals surface area contributed by atoms with Gasteiger partial charge in [-0.05, 0) is 20.8 Å². The third kappa shape index (κ3) is 6.20. The molecule has 1 rings (SSSR count). The summed E-state index contributed by atoms with van der Waals surface area (Å²) in [6.07, 6.45) is 5.66. The molecule has 0 aliphatic heterocycles. The van der Waals surface area contributed by atoms with Crippen LogP contribution in [0.5, 0.6) is 0 Å². The Balaban J connectivity index is 0.000000487. The number of allylic oxidation sites excluding steroid dienone is 3. The normalized spacial score (nSPS) is 14.9. The van der Waals surface area contributed by atoms with E-state index in [9.17, 15) is 0 Å². The molecule has 0 saturated heterocycles. The molecular weight excluding hydrogens is 289 g/mol. The van der Waals surface area contributed by atoms with Crippen molar-refractivity contribution in [3.05, 3.63) is 23.0 Å². The molecule has 0 aromatic heterocycles. The van der Waals surface area contributed by atoms with Crippen molar-refractivity contribution >= 4 is 10.2 Å². The standard InChI is InChI=1S/C10H19NSi.3CH3.Zr/c1-10(2,3)11(4)8-6-5-7-9(8)12;;;;/h5,7H,6H2,1-4,12H3;3*1H3;. The second-order valence-electron chi connectivity index (χ2n) is 5.97. The van der Waals surface area contributed by atoms with Crippen molar-refractivity contribution in [2.45, 2.75) is 46.6 Å². The average molecular weight is 318 g/mol. The van der Waals surface area contributed by atoms with Gasteiger partial charge in [-0.1, -0.05) is 17.3 Å². The summed E-state index contributed by atoms with van der Waals surface area (Å²) in [6, 6.07) is 0. The van der Waals surface area contributed by atoms with Gasteiger partial charge in [-0.15, -0.1) is 0 Å². The van der Waals surface area contributed by atoms with Gasteiger partial charge in [0.25, 0.3) is 0 Å². The molecule has 0 spiro atoms. The summed E-state index contributed by atoms with van der Waals surface area (Å²) in [5.41, 5.74) is 1.78. The van der Waals surface area contributed by atoms with E-state index in [1.807, 2.05) is 0 Å². The predicted octanol–water partition coefficient (Wildman–Crippen LogP) is 3.00. The van der Waals surface area contributed by atoms with Gasteiger partial charge in [-0.3, -0.25) is 0 Å². The molecule has 0 saturated carbocycles. The van der Waals surface area contributed by atoms with Crippen molar-refractivity contribution in [3.8, 4) is 0 Å². The molecule has 0 radical (unpaired) electrons. The zero-order valence-electron chi connectivity index (χ0n) is 12.3. The third-order valence-corrected chi connectivity index (χ3v) is 3.46. The molecule has 0 aromatic carbocycles. The van der Waals surface area contributed by atoms with E-state index < -0.39 is 21.8 Å². The van der Waals surface area contributed by atoms with Crippen LogP contribution in [0, 0.1) is 0 Å². The predicted molar refractivity (Wildman–Crippen MR) is 75.8 cm³/mol. The van der Waals surface area contributed by atoms with Crippen molar-refractivity contribution in [1.82, 2.24) is 4.90 Å². The van der Waals surface area contributed by atoms with E-state index in [4.69, 9.17) is 0 Å². The van der Waals surface area contributed by atoms with E-state index in [1.54, 1.807) is 5.20 Å². The van der Waals surface area contributed by atoms with Gasteiger partial charge < -0.3 is 4.90 Å². The first-order valence-corrected chi connectivity index (χ1v) is 14.4. The second-order valence-corrected chi connectivity index (χ2v) is 14.4. The molecule has 0 aromatic rings. The second kappa shape index (κ2) is 6.96. The maximum absolute atomic E-state index is 2.40. The van der Waals surface area contributed by atoms with E-state index >= 15 is 0 Å². The van der Waals surface area contributed by atoms with Gasteiger partial charge in [0.05, 0.1) is 0 Å². The van der Waals surface area contributed by atoms with Crippen LogP contribution in [-0.2, 0) is 21.8 Å². The maximum atomic E-state index is 2.40. The molecular formula is C13H28NSiZr. The first-order chi connectivity index (χ1) is 7.16. The van der Waals surface area contributed by atoms with Crippen LogP contribution in [0.2, 0.25) is 13.9 Å². The fraction of sp³-hybridized carbons (Fsp3) is 0.692. The summed E-state index contributed by atoms with van der Waals surface area (Å²) in [5.74, 6) is 0. The van der Waals surface area contributed by atoms with E-state index in [0.29, 0.717) is 0 Å². The van der Waals surface area contributed by atoms with Crippen LogP contribution in [0.4, 0.5) is 0 Å². The Bertz CT molecular complexity index is 271. The first kappa shape index (κ1) is 16.4. The van der Waals surface area contributed by atoms with Crippen LogP contribution >= 0.6 is 0 Å². The molecule has 0 fully saturated rings. The summed E-state index contributed by atoms with van der Waals surface area (Å²) in [6.45, 7) is 6.77. The van der Waals surface area contributed by atoms with E-state index in [0.717, 1.165) is 6.42 Å². The summed E-state index contributed by atoms with van der Waals surface area (Å²) < 4.78 is 7.09. The number of hydrogen-bond acceptors (Lipinski definition) is 1. The van der Waals surface area contributed by atoms with Gasteiger partial charge in [0.2, 0.25) is 0 Å². The molecule has 16 heavy (non-hydrogen) atoms. The van der Waals surface area contributed by atoms with Gasteiger partial charge in [0, 0.05) is 34.9 Å². The molecule has 0 N–H and O–H groups in total. The van der Waals surface area contributed by atoms with Crippen LogP contribution in [0.15, 0.2) is 23.0 Å². The summed E-state index contributed by atoms with van der Waals surface area (Å²) in [4.78, 5) is 2.40. The Kier molecular flexibility index (Phi) is 7.12. The molecule has 0 heterocycles. The molecule has 3 heteroatoms. The van der Waals surface area contributed by atoms with Gasteiger partial charge in [-0.2, -0.15) is 0 Å². The van der Waals surface area contributed by atoms with Crippen LogP contribution in [0.3, 0.4) is 0 Å². The molecule has 0 atom stereocenters. The van der Waals surface area contributed by atoms with Crippen LogP contribution in [0.25, 0.3) is 0 Å². The van der Waals surface area contributed by atoms with Gasteiger partial charge >= 0.3 is 35.6 Å². The monoisotopic (exact) mass is 316 g/mol. The summed E-state index contributed by atoms with van der Waals surface area (Å²) >= 11 is -0.543. The van der Waals surface area contributed by atoms with Gasteiger partial charge in [0.1, 0.15) is 0 Å². The molecule has 0 amide bonds. The topological polar surface area (TPSA) is 3.24 Å². The number of nitrogens with zero attached hydrogens (tertiary/aromatic N) is 1. The zero-order valence-corrected chi connectivity index (χ0v) is 16.8. The number of rotatable bonds is 1. The van der Waals surface area contributed by atoms with E-state index in [-0.39, 0.29) is 5.54 Å². The van der Waals surface area contributed by atoms with E-state index in [2.05, 4.69) is 58.8 Å². The van der Waals surface area contributed by atoms with Crippen molar-refractivity contribution in [2.75, 3.05) is 7.05 Å². The van der Waals surface area contributed by atoms with Crippen LogP contribution in [-0.4, -0.2) is 27.7 Å². The van der Waals surface area contributed by atoms with Gasteiger partial charge in [0.15, 0.2) is 0 Å². The Labute approximate surface area is 113 Å². The minimum absolute atomic E-state index is 0.261. The fourth-order valence-electron chi connectivity index (χ4n) is 1.41. The minimum atomic E-state index is -0.543. The summed E-state index contributed by atoms with van der Waals surface area (Å²) in [7, 11) is 3.36. The Morgan fingerprint density at radius 1 is 1.25 bits per heavy atom. The van der Waals surface area contributed by atoms with Crippen LogP contribution in [0.1, 0.15) is 27.2 Å². The fourth-order valence-corrected chi connectivity index (χ4v) is 2.19. The Hall–Kier alpha value is 0.380. The third-order valence-electron chi connectivity index (χ3n) is 2.55. The molecule has 93 valence electrons. The molecule has 1 aliphatic rings. The first-order valence-electron chi connectivity index (χ1n) is 6.03. The molecule has 0 unspecified atom stereocenters. The van der Waals surface area contributed by atoms with Crippen LogP contribution < -0.4 is 0 Å². The quantitative estimate of drug-likeness (QED) is 0.672. The molecule has 1 aliphatic carbocycles. The Morgan fingerprint density at radius 3 is 1.94 bits per heavy atom. The summed E-state index contributed by atoms with van der Waals surface area (Å²) in [5, 5.41) is 1.55. The van der Waals surface area contributed by atoms with Gasteiger partial charge in [-0.25, -0.2) is 0 Å². The zero-order chi connectivity index (χ0) is 12.9. The SMILES string of the molecule is CN(C1=C([SiH3])C=CC1)C(C)(C)C.[CH3][Zr]([CH3])[CH3]. The Morgan fingerprint density at radius 2 is 1.69 bits per heavy atom. The van der Waals surface area contributed by atoms with E-state index in [1.165, 1.54) is 15.9 Å². The van der Waals surface area contributed by atoms with Crippen molar-refractivity contribution in [2.24, 2.45) is 0 Å². The van der Waals surface area contributed by atoms with Crippen molar-refractivity contribution in [3.63, 3.8) is 0 Å². The van der Waals surface area contributed by atoms with Crippen molar-refractivity contribution < 1.29 is 21.8 Å². The molecule has 0 bridgehead atoms. The number of hydrogen-bond donors (Lipinski definition) is 0. The average Bonchev–Trinajstić information content (AvgIpc) is 2.47.